The Morgan fingerprint density at radius 3 is 2.59 bits per heavy atom. The zero-order valence-electron chi connectivity index (χ0n) is 15.6. The average Bonchev–Trinajstić information content (AvgIpc) is 3.08. The molecule has 1 aliphatic heterocycles. The predicted octanol–water partition coefficient (Wildman–Crippen LogP) is 0.788. The first-order valence-electron chi connectivity index (χ1n) is 8.60. The molecule has 1 aliphatic rings. The van der Waals surface area contributed by atoms with Gasteiger partial charge in [-0.2, -0.15) is 0 Å². The second kappa shape index (κ2) is 9.02. The first kappa shape index (κ1) is 20.2. The minimum absolute atomic E-state index is 0.00823. The number of methoxy groups -OCH3 is 1. The number of nitrogens with one attached hydrogen (secondary N) is 1. The van der Waals surface area contributed by atoms with Crippen molar-refractivity contribution in [1.82, 2.24) is 5.32 Å². The highest BCUT2D eigenvalue weighted by atomic mass is 16.6. The van der Waals surface area contributed by atoms with Crippen molar-refractivity contribution in [2.45, 2.75) is 38.8 Å². The number of oxime groups is 1. The number of hydrogen-bond acceptors (Lipinski definition) is 6. The van der Waals surface area contributed by atoms with Gasteiger partial charge >= 0.3 is 5.97 Å². The molecule has 0 spiro atoms. The van der Waals surface area contributed by atoms with E-state index in [1.807, 2.05) is 12.1 Å². The summed E-state index contributed by atoms with van der Waals surface area (Å²) in [5, 5.41) is 6.86. The number of carbonyl (C=O) groups excluding carboxylic acids is 2. The Hall–Kier alpha value is -3.10. The van der Waals surface area contributed by atoms with Crippen LogP contribution in [0.1, 0.15) is 32.3 Å². The summed E-state index contributed by atoms with van der Waals surface area (Å²) in [5.74, 6) is -1.01. The maximum absolute atomic E-state index is 12.2. The van der Waals surface area contributed by atoms with Gasteiger partial charge in [0.25, 0.3) is 0 Å². The monoisotopic (exact) mass is 375 g/mol. The molecule has 27 heavy (non-hydrogen) atoms. The van der Waals surface area contributed by atoms with Crippen LogP contribution in [0, 0.1) is 5.92 Å². The number of hydrogen-bond donors (Lipinski definition) is 3. The summed E-state index contributed by atoms with van der Waals surface area (Å²) in [5.41, 5.74) is 13.0. The van der Waals surface area contributed by atoms with E-state index in [1.165, 1.54) is 7.11 Å². The Kier molecular flexibility index (Phi) is 6.75. The zero-order chi connectivity index (χ0) is 20.0. The first-order chi connectivity index (χ1) is 12.8. The van der Waals surface area contributed by atoms with E-state index >= 15 is 0 Å². The van der Waals surface area contributed by atoms with Crippen molar-refractivity contribution in [3.05, 3.63) is 29.8 Å². The van der Waals surface area contributed by atoms with Crippen LogP contribution in [0.25, 0.3) is 0 Å². The Balaban J connectivity index is 1.85. The van der Waals surface area contributed by atoms with Crippen molar-refractivity contribution >= 4 is 29.2 Å². The van der Waals surface area contributed by atoms with Crippen LogP contribution in [-0.4, -0.2) is 42.8 Å². The van der Waals surface area contributed by atoms with Crippen LogP contribution in [0.3, 0.4) is 0 Å². The average molecular weight is 375 g/mol. The Morgan fingerprint density at radius 2 is 2.00 bits per heavy atom. The number of amides is 1. The molecule has 0 saturated heterocycles. The SMILES string of the molecule is COC(=O)C(C)C(C)NC(=O)CC1CC(c2ccc(N=C(N)N)cc2)=NO1. The largest absolute Gasteiger partial charge is 0.469 e. The van der Waals surface area contributed by atoms with Crippen LogP contribution < -0.4 is 16.8 Å². The summed E-state index contributed by atoms with van der Waals surface area (Å²) in [6.07, 6.45) is 0.311. The molecule has 146 valence electrons. The second-order valence-electron chi connectivity index (χ2n) is 6.43. The number of guanidine groups is 1. The van der Waals surface area contributed by atoms with E-state index in [4.69, 9.17) is 16.3 Å². The molecule has 3 atom stereocenters. The molecule has 2 rings (SSSR count). The molecule has 3 unspecified atom stereocenters. The Bertz CT molecular complexity index is 741. The molecule has 0 radical (unpaired) electrons. The predicted molar refractivity (Wildman–Crippen MR) is 101 cm³/mol. The highest BCUT2D eigenvalue weighted by molar-refractivity contribution is 6.01. The van der Waals surface area contributed by atoms with Crippen LogP contribution in [0.5, 0.6) is 0 Å². The number of benzene rings is 1. The van der Waals surface area contributed by atoms with Crippen molar-refractivity contribution in [2.24, 2.45) is 27.5 Å². The van der Waals surface area contributed by atoms with Gasteiger partial charge in [-0.15, -0.1) is 0 Å². The molecule has 9 nitrogen and oxygen atoms in total. The van der Waals surface area contributed by atoms with Crippen molar-refractivity contribution in [3.63, 3.8) is 0 Å². The number of ether oxygens (including phenoxy) is 1. The molecule has 0 bridgehead atoms. The van der Waals surface area contributed by atoms with Gasteiger partial charge in [-0.3, -0.25) is 9.59 Å². The molecule has 0 fully saturated rings. The second-order valence-corrected chi connectivity index (χ2v) is 6.43. The van der Waals surface area contributed by atoms with Gasteiger partial charge in [-0.1, -0.05) is 17.3 Å². The quantitative estimate of drug-likeness (QED) is 0.365. The third kappa shape index (κ3) is 5.70. The van der Waals surface area contributed by atoms with Crippen LogP contribution in [0.2, 0.25) is 0 Å². The van der Waals surface area contributed by atoms with Gasteiger partial charge in [0.15, 0.2) is 5.96 Å². The lowest BCUT2D eigenvalue weighted by Gasteiger charge is -2.19. The minimum Gasteiger partial charge on any atom is -0.469 e. The van der Waals surface area contributed by atoms with E-state index in [0.29, 0.717) is 12.1 Å². The molecule has 5 N–H and O–H groups in total. The maximum Gasteiger partial charge on any atom is 0.310 e. The normalized spacial score (nSPS) is 17.9. The Morgan fingerprint density at radius 1 is 1.33 bits per heavy atom. The lowest BCUT2D eigenvalue weighted by Crippen LogP contribution is -2.41. The van der Waals surface area contributed by atoms with Gasteiger partial charge in [0.1, 0.15) is 6.10 Å². The minimum atomic E-state index is -0.431. The number of nitrogens with two attached hydrogens (primary N) is 2. The molecule has 0 saturated carbocycles. The highest BCUT2D eigenvalue weighted by Crippen LogP contribution is 2.21. The van der Waals surface area contributed by atoms with Gasteiger partial charge in [0, 0.05) is 12.5 Å². The van der Waals surface area contributed by atoms with Crippen LogP contribution in [0.15, 0.2) is 34.4 Å². The molecular weight excluding hydrogens is 350 g/mol. The first-order valence-corrected chi connectivity index (χ1v) is 8.60. The van der Waals surface area contributed by atoms with Crippen LogP contribution in [-0.2, 0) is 19.2 Å². The summed E-state index contributed by atoms with van der Waals surface area (Å²) >= 11 is 0. The van der Waals surface area contributed by atoms with Crippen molar-refractivity contribution in [3.8, 4) is 0 Å². The summed E-state index contributed by atoms with van der Waals surface area (Å²) in [6, 6.07) is 6.88. The standard InChI is InChI=1S/C18H25N5O4/c1-10(17(25)26-3)11(2)21-16(24)9-14-8-15(23-27-14)12-4-6-13(7-5-12)22-18(19)20/h4-7,10-11,14H,8-9H2,1-3H3,(H,21,24)(H4,19,20,22). The summed E-state index contributed by atoms with van der Waals surface area (Å²) < 4.78 is 4.69. The number of nitrogens with zero attached hydrogens (tertiary/aromatic N) is 2. The smallest absolute Gasteiger partial charge is 0.310 e. The molecule has 1 aromatic rings. The molecule has 9 heteroatoms. The van der Waals surface area contributed by atoms with E-state index in [-0.39, 0.29) is 36.4 Å². The lowest BCUT2D eigenvalue weighted by atomic mass is 10.0. The van der Waals surface area contributed by atoms with Crippen molar-refractivity contribution < 1.29 is 19.2 Å². The van der Waals surface area contributed by atoms with Crippen molar-refractivity contribution in [1.29, 1.82) is 0 Å². The molecule has 0 aliphatic carbocycles. The highest BCUT2D eigenvalue weighted by Gasteiger charge is 2.27. The molecular formula is C18H25N5O4. The summed E-state index contributed by atoms with van der Waals surface area (Å²) in [4.78, 5) is 33.0. The van der Waals surface area contributed by atoms with E-state index in [9.17, 15) is 9.59 Å². The van der Waals surface area contributed by atoms with Crippen LogP contribution in [0.4, 0.5) is 5.69 Å². The molecule has 1 heterocycles. The molecule has 1 aromatic carbocycles. The summed E-state index contributed by atoms with van der Waals surface area (Å²) in [6.45, 7) is 3.46. The fraction of sp³-hybridized carbons (Fsp3) is 0.444. The number of carbonyl (C=O) groups is 2. The number of aliphatic imine (C=N–C) groups is 1. The van der Waals surface area contributed by atoms with E-state index in [0.717, 1.165) is 11.3 Å². The number of rotatable bonds is 7. The number of esters is 1. The Labute approximate surface area is 157 Å². The lowest BCUT2D eigenvalue weighted by molar-refractivity contribution is -0.145. The van der Waals surface area contributed by atoms with E-state index in [1.54, 1.807) is 26.0 Å². The van der Waals surface area contributed by atoms with E-state index in [2.05, 4.69) is 20.2 Å². The fourth-order valence-corrected chi connectivity index (χ4v) is 2.62. The van der Waals surface area contributed by atoms with Gasteiger partial charge in [-0.25, -0.2) is 4.99 Å². The molecule has 0 aromatic heterocycles. The summed E-state index contributed by atoms with van der Waals surface area (Å²) in [7, 11) is 1.32. The van der Waals surface area contributed by atoms with Crippen molar-refractivity contribution in [2.75, 3.05) is 7.11 Å². The zero-order valence-corrected chi connectivity index (χ0v) is 15.6. The van der Waals surface area contributed by atoms with Crippen LogP contribution >= 0.6 is 0 Å². The third-order valence-electron chi connectivity index (χ3n) is 4.32. The maximum atomic E-state index is 12.2. The topological polar surface area (TPSA) is 141 Å². The fourth-order valence-electron chi connectivity index (χ4n) is 2.62. The van der Waals surface area contributed by atoms with Gasteiger partial charge < -0.3 is 26.4 Å². The van der Waals surface area contributed by atoms with E-state index < -0.39 is 5.92 Å². The molecule has 1 amide bonds. The van der Waals surface area contributed by atoms with Gasteiger partial charge in [0.05, 0.1) is 30.8 Å². The van der Waals surface area contributed by atoms with Gasteiger partial charge in [-0.05, 0) is 31.5 Å². The third-order valence-corrected chi connectivity index (χ3v) is 4.32. The van der Waals surface area contributed by atoms with Gasteiger partial charge in [0.2, 0.25) is 5.91 Å².